The van der Waals surface area contributed by atoms with E-state index < -0.39 is 11.6 Å². The maximum Gasteiger partial charge on any atom is 0.410 e. The summed E-state index contributed by atoms with van der Waals surface area (Å²) in [5.74, 6) is 0.0363. The van der Waals surface area contributed by atoms with Gasteiger partial charge in [0.1, 0.15) is 5.60 Å². The van der Waals surface area contributed by atoms with Crippen LogP contribution in [-0.2, 0) is 9.53 Å². The standard InChI is InChI=1S/C18H29NO4/c1-6-12-7-13-9-18(10-15(20)21,14(13)8-12)11-19(5)16(22)23-17(2,3)4/h8,13-14H,6-7,9-11H2,1-5H3,(H,20,21)/t13-,14-,18-/m0/s1. The summed E-state index contributed by atoms with van der Waals surface area (Å²) in [6, 6.07) is 0. The molecule has 0 bridgehead atoms. The summed E-state index contributed by atoms with van der Waals surface area (Å²) in [6.45, 7) is 8.07. The number of carbonyl (C=O) groups excluding carboxylic acids is 1. The highest BCUT2D eigenvalue weighted by atomic mass is 16.6. The van der Waals surface area contributed by atoms with Gasteiger partial charge in [0, 0.05) is 19.0 Å². The first-order chi connectivity index (χ1) is 10.6. The van der Waals surface area contributed by atoms with Crippen LogP contribution >= 0.6 is 0 Å². The molecule has 0 heterocycles. The van der Waals surface area contributed by atoms with Crippen LogP contribution in [0.3, 0.4) is 0 Å². The van der Waals surface area contributed by atoms with Crippen LogP contribution in [0.4, 0.5) is 4.79 Å². The molecule has 2 aliphatic carbocycles. The Morgan fingerprint density at radius 2 is 2.09 bits per heavy atom. The van der Waals surface area contributed by atoms with Crippen molar-refractivity contribution >= 4 is 12.1 Å². The number of rotatable bonds is 5. The second-order valence-electron chi connectivity index (χ2n) is 8.14. The van der Waals surface area contributed by atoms with Gasteiger partial charge in [0.25, 0.3) is 0 Å². The lowest BCUT2D eigenvalue weighted by atomic mass is 9.53. The zero-order valence-corrected chi connectivity index (χ0v) is 14.9. The van der Waals surface area contributed by atoms with Crippen molar-refractivity contribution in [2.75, 3.05) is 13.6 Å². The fourth-order valence-electron chi connectivity index (χ4n) is 4.15. The van der Waals surface area contributed by atoms with Gasteiger partial charge in [0.05, 0.1) is 6.42 Å². The Hall–Kier alpha value is -1.52. The zero-order valence-electron chi connectivity index (χ0n) is 14.9. The highest BCUT2D eigenvalue weighted by Crippen LogP contribution is 2.60. The van der Waals surface area contributed by atoms with Crippen molar-refractivity contribution in [2.45, 2.75) is 59.0 Å². The van der Waals surface area contributed by atoms with Crippen LogP contribution in [0.15, 0.2) is 11.6 Å². The van der Waals surface area contributed by atoms with Gasteiger partial charge in [0.15, 0.2) is 0 Å². The van der Waals surface area contributed by atoms with E-state index >= 15 is 0 Å². The van der Waals surface area contributed by atoms with Crippen LogP contribution in [0, 0.1) is 17.3 Å². The number of nitrogens with zero attached hydrogens (tertiary/aromatic N) is 1. The van der Waals surface area contributed by atoms with E-state index in [0.717, 1.165) is 19.3 Å². The predicted molar refractivity (Wildman–Crippen MR) is 88.1 cm³/mol. The van der Waals surface area contributed by atoms with E-state index in [-0.39, 0.29) is 23.8 Å². The van der Waals surface area contributed by atoms with Crippen LogP contribution in [0.1, 0.15) is 53.4 Å². The number of carbonyl (C=O) groups is 2. The number of amides is 1. The Morgan fingerprint density at radius 1 is 1.43 bits per heavy atom. The molecule has 0 aromatic heterocycles. The molecular weight excluding hydrogens is 294 g/mol. The first-order valence-electron chi connectivity index (χ1n) is 8.42. The van der Waals surface area contributed by atoms with Crippen LogP contribution in [0.2, 0.25) is 0 Å². The molecule has 2 rings (SSSR count). The number of ether oxygens (including phenoxy) is 1. The Kier molecular flexibility index (Phi) is 4.79. The minimum absolute atomic E-state index is 0.106. The summed E-state index contributed by atoms with van der Waals surface area (Å²) >= 11 is 0. The summed E-state index contributed by atoms with van der Waals surface area (Å²) in [5, 5.41) is 9.34. The van der Waals surface area contributed by atoms with E-state index in [1.54, 1.807) is 11.9 Å². The van der Waals surface area contributed by atoms with E-state index in [9.17, 15) is 14.7 Å². The smallest absolute Gasteiger partial charge is 0.410 e. The Morgan fingerprint density at radius 3 is 2.61 bits per heavy atom. The van der Waals surface area contributed by atoms with Crippen molar-refractivity contribution in [3.05, 3.63) is 11.6 Å². The topological polar surface area (TPSA) is 66.8 Å². The molecule has 0 unspecified atom stereocenters. The maximum absolute atomic E-state index is 12.2. The fourth-order valence-corrected chi connectivity index (χ4v) is 4.15. The van der Waals surface area contributed by atoms with Crippen LogP contribution in [0.5, 0.6) is 0 Å². The molecule has 1 amide bonds. The number of hydrogen-bond acceptors (Lipinski definition) is 3. The van der Waals surface area contributed by atoms with Gasteiger partial charge in [-0.15, -0.1) is 0 Å². The van der Waals surface area contributed by atoms with E-state index in [2.05, 4.69) is 13.0 Å². The molecule has 0 spiro atoms. The summed E-state index contributed by atoms with van der Waals surface area (Å²) in [4.78, 5) is 25.1. The van der Waals surface area contributed by atoms with Crippen molar-refractivity contribution in [2.24, 2.45) is 17.3 Å². The number of hydrogen-bond donors (Lipinski definition) is 1. The second-order valence-corrected chi connectivity index (χ2v) is 8.14. The van der Waals surface area contributed by atoms with Gasteiger partial charge in [-0.25, -0.2) is 4.79 Å². The van der Waals surface area contributed by atoms with Crippen molar-refractivity contribution in [3.63, 3.8) is 0 Å². The second kappa shape index (κ2) is 6.17. The lowest BCUT2D eigenvalue weighted by Crippen LogP contribution is -2.54. The third kappa shape index (κ3) is 3.88. The van der Waals surface area contributed by atoms with Crippen molar-refractivity contribution in [1.29, 1.82) is 0 Å². The Labute approximate surface area is 138 Å². The Bertz CT molecular complexity index is 520. The average molecular weight is 323 g/mol. The van der Waals surface area contributed by atoms with Crippen molar-refractivity contribution < 1.29 is 19.4 Å². The summed E-state index contributed by atoms with van der Waals surface area (Å²) in [7, 11) is 1.70. The van der Waals surface area contributed by atoms with Gasteiger partial charge in [-0.05, 0) is 51.9 Å². The first-order valence-corrected chi connectivity index (χ1v) is 8.42. The lowest BCUT2D eigenvalue weighted by Gasteiger charge is -2.53. The van der Waals surface area contributed by atoms with Gasteiger partial charge >= 0.3 is 12.1 Å². The molecule has 0 aromatic rings. The maximum atomic E-state index is 12.2. The van der Waals surface area contributed by atoms with E-state index in [1.807, 2.05) is 20.8 Å². The average Bonchev–Trinajstić information content (AvgIpc) is 2.73. The van der Waals surface area contributed by atoms with E-state index in [1.165, 1.54) is 5.57 Å². The molecule has 3 atom stereocenters. The minimum atomic E-state index is -0.792. The normalized spacial score (nSPS) is 29.3. The molecule has 130 valence electrons. The van der Waals surface area contributed by atoms with Gasteiger partial charge in [-0.2, -0.15) is 0 Å². The summed E-state index contributed by atoms with van der Waals surface area (Å²) < 4.78 is 5.40. The molecule has 0 radical (unpaired) electrons. The third-order valence-electron chi connectivity index (χ3n) is 5.04. The number of aliphatic carboxylic acids is 1. The van der Waals surface area contributed by atoms with Gasteiger partial charge < -0.3 is 14.7 Å². The molecule has 1 fully saturated rings. The number of allylic oxidation sites excluding steroid dienone is 2. The fraction of sp³-hybridized carbons (Fsp3) is 0.778. The molecule has 1 saturated carbocycles. The monoisotopic (exact) mass is 323 g/mol. The van der Waals surface area contributed by atoms with E-state index in [4.69, 9.17) is 4.74 Å². The van der Waals surface area contributed by atoms with Crippen LogP contribution < -0.4 is 0 Å². The summed E-state index contributed by atoms with van der Waals surface area (Å²) in [6.07, 6.45) is 4.96. The quantitative estimate of drug-likeness (QED) is 0.784. The number of carboxylic acid groups (broad SMARTS) is 1. The molecule has 2 aliphatic rings. The third-order valence-corrected chi connectivity index (χ3v) is 5.04. The molecule has 0 saturated heterocycles. The predicted octanol–water partition coefficient (Wildman–Crippen LogP) is 3.69. The van der Waals surface area contributed by atoms with Crippen molar-refractivity contribution in [1.82, 2.24) is 4.90 Å². The van der Waals surface area contributed by atoms with Crippen LogP contribution in [-0.4, -0.2) is 41.3 Å². The molecule has 5 nitrogen and oxygen atoms in total. The van der Waals surface area contributed by atoms with Gasteiger partial charge in [-0.3, -0.25) is 4.79 Å². The number of fused-ring (bicyclic) bond motifs is 1. The molecule has 0 aromatic carbocycles. The lowest BCUT2D eigenvalue weighted by molar-refractivity contribution is -0.145. The summed E-state index contributed by atoms with van der Waals surface area (Å²) in [5.41, 5.74) is 0.530. The minimum Gasteiger partial charge on any atom is -0.481 e. The molecule has 5 heteroatoms. The van der Waals surface area contributed by atoms with Gasteiger partial charge in [-0.1, -0.05) is 18.6 Å². The largest absolute Gasteiger partial charge is 0.481 e. The van der Waals surface area contributed by atoms with E-state index in [0.29, 0.717) is 12.5 Å². The SMILES string of the molecule is CCC1=C[C@H]2[C@@H](C1)C[C@]2(CC(=O)O)CN(C)C(=O)OC(C)(C)C. The number of carboxylic acids is 1. The van der Waals surface area contributed by atoms with Crippen molar-refractivity contribution in [3.8, 4) is 0 Å². The van der Waals surface area contributed by atoms with Gasteiger partial charge in [0.2, 0.25) is 0 Å². The molecule has 1 N–H and O–H groups in total. The highest BCUT2D eigenvalue weighted by molar-refractivity contribution is 5.70. The molecule has 23 heavy (non-hydrogen) atoms. The first kappa shape index (κ1) is 17.8. The highest BCUT2D eigenvalue weighted by Gasteiger charge is 2.56. The molecular formula is C18H29NO4. The zero-order chi connectivity index (χ0) is 17.4. The van der Waals surface area contributed by atoms with Crippen LogP contribution in [0.25, 0.3) is 0 Å². The molecule has 0 aliphatic heterocycles. The Balaban J connectivity index is 2.10.